The number of hydrogen-bond donors (Lipinski definition) is 3. The highest BCUT2D eigenvalue weighted by molar-refractivity contribution is 5.84. The lowest BCUT2D eigenvalue weighted by molar-refractivity contribution is -0.141. The van der Waals surface area contributed by atoms with Gasteiger partial charge in [-0.05, 0) is 18.6 Å². The van der Waals surface area contributed by atoms with Gasteiger partial charge in [0.2, 0.25) is 5.91 Å². The van der Waals surface area contributed by atoms with E-state index in [4.69, 9.17) is 0 Å². The molecule has 0 bridgehead atoms. The first-order valence-corrected chi connectivity index (χ1v) is 6.46. The number of amides is 1. The van der Waals surface area contributed by atoms with Gasteiger partial charge in [0.05, 0.1) is 18.4 Å². The van der Waals surface area contributed by atoms with Gasteiger partial charge in [0.25, 0.3) is 0 Å². The van der Waals surface area contributed by atoms with Gasteiger partial charge >= 0.3 is 5.97 Å². The van der Waals surface area contributed by atoms with Crippen molar-refractivity contribution in [3.05, 3.63) is 47.8 Å². The average Bonchev–Trinajstić information content (AvgIpc) is 2.93. The molecular formula is C14H16N4O3. The Morgan fingerprint density at radius 2 is 2.29 bits per heavy atom. The second-order valence-corrected chi connectivity index (χ2v) is 4.68. The number of imidazole rings is 1. The molecule has 110 valence electrons. The summed E-state index contributed by atoms with van der Waals surface area (Å²) < 4.78 is 0. The van der Waals surface area contributed by atoms with Crippen molar-refractivity contribution < 1.29 is 14.7 Å². The molecule has 0 fully saturated rings. The highest BCUT2D eigenvalue weighted by Crippen LogP contribution is 2.05. The molecule has 3 N–H and O–H groups in total. The topological polar surface area (TPSA) is 108 Å². The Labute approximate surface area is 121 Å². The summed E-state index contributed by atoms with van der Waals surface area (Å²) in [6, 6.07) is 2.64. The number of carbonyl (C=O) groups is 2. The third-order valence-electron chi connectivity index (χ3n) is 3.06. The van der Waals surface area contributed by atoms with Crippen LogP contribution < -0.4 is 5.32 Å². The number of hydrogen-bond acceptors (Lipinski definition) is 4. The van der Waals surface area contributed by atoms with E-state index in [0.717, 1.165) is 5.56 Å². The third-order valence-corrected chi connectivity index (χ3v) is 3.06. The molecule has 7 heteroatoms. The average molecular weight is 288 g/mol. The molecule has 1 atom stereocenters. The minimum Gasteiger partial charge on any atom is -0.480 e. The summed E-state index contributed by atoms with van der Waals surface area (Å²) in [5, 5.41) is 11.7. The molecule has 0 spiro atoms. The Morgan fingerprint density at radius 1 is 1.48 bits per heavy atom. The monoisotopic (exact) mass is 288 g/mol. The predicted molar refractivity (Wildman–Crippen MR) is 74.5 cm³/mol. The van der Waals surface area contributed by atoms with E-state index in [0.29, 0.717) is 11.4 Å². The molecule has 2 aromatic rings. The number of aromatic nitrogens is 3. The van der Waals surface area contributed by atoms with Crippen LogP contribution in [0.2, 0.25) is 0 Å². The second-order valence-electron chi connectivity index (χ2n) is 4.68. The maximum atomic E-state index is 12.0. The van der Waals surface area contributed by atoms with Gasteiger partial charge < -0.3 is 15.4 Å². The fourth-order valence-electron chi connectivity index (χ4n) is 1.92. The van der Waals surface area contributed by atoms with Crippen LogP contribution >= 0.6 is 0 Å². The van der Waals surface area contributed by atoms with Crippen LogP contribution in [0.15, 0.2) is 30.9 Å². The number of aromatic amines is 1. The minimum atomic E-state index is -1.09. The lowest BCUT2D eigenvalue weighted by Crippen LogP contribution is -2.43. The van der Waals surface area contributed by atoms with Crippen LogP contribution in [0.25, 0.3) is 0 Å². The lowest BCUT2D eigenvalue weighted by Gasteiger charge is -2.14. The largest absolute Gasteiger partial charge is 0.480 e. The lowest BCUT2D eigenvalue weighted by atomic mass is 10.1. The van der Waals surface area contributed by atoms with Gasteiger partial charge in [-0.2, -0.15) is 0 Å². The number of nitrogens with one attached hydrogen (secondary N) is 2. The van der Waals surface area contributed by atoms with Gasteiger partial charge in [-0.1, -0.05) is 6.07 Å². The first kappa shape index (κ1) is 14.7. The number of aryl methyl sites for hydroxylation is 1. The second kappa shape index (κ2) is 6.65. The van der Waals surface area contributed by atoms with E-state index >= 15 is 0 Å². The van der Waals surface area contributed by atoms with Gasteiger partial charge in [-0.25, -0.2) is 9.78 Å². The molecule has 0 unspecified atom stereocenters. The summed E-state index contributed by atoms with van der Waals surface area (Å²) >= 11 is 0. The normalized spacial score (nSPS) is 11.9. The first-order chi connectivity index (χ1) is 10.1. The van der Waals surface area contributed by atoms with E-state index in [1.807, 2.05) is 13.0 Å². The highest BCUT2D eigenvalue weighted by Gasteiger charge is 2.21. The van der Waals surface area contributed by atoms with Crippen LogP contribution in [0.4, 0.5) is 0 Å². The van der Waals surface area contributed by atoms with E-state index in [2.05, 4.69) is 20.3 Å². The number of aliphatic carboxylic acids is 1. The number of carboxylic acid groups (broad SMARTS) is 1. The van der Waals surface area contributed by atoms with E-state index in [1.54, 1.807) is 12.3 Å². The fourth-order valence-corrected chi connectivity index (χ4v) is 1.92. The molecule has 0 saturated carbocycles. The summed E-state index contributed by atoms with van der Waals surface area (Å²) in [6.45, 7) is 1.86. The van der Waals surface area contributed by atoms with E-state index < -0.39 is 12.0 Å². The molecule has 0 radical (unpaired) electrons. The molecule has 21 heavy (non-hydrogen) atoms. The van der Waals surface area contributed by atoms with E-state index in [1.165, 1.54) is 12.5 Å². The van der Waals surface area contributed by atoms with Crippen LogP contribution in [0.3, 0.4) is 0 Å². The Morgan fingerprint density at radius 3 is 2.90 bits per heavy atom. The molecule has 0 aliphatic heterocycles. The number of pyridine rings is 1. The van der Waals surface area contributed by atoms with Crippen LogP contribution in [-0.2, 0) is 22.4 Å². The first-order valence-electron chi connectivity index (χ1n) is 6.46. The third kappa shape index (κ3) is 4.13. The molecule has 1 amide bonds. The zero-order valence-electron chi connectivity index (χ0n) is 11.5. The number of carboxylic acids is 1. The molecule has 0 aliphatic rings. The summed E-state index contributed by atoms with van der Waals surface area (Å²) in [5.74, 6) is -1.46. The maximum Gasteiger partial charge on any atom is 0.326 e. The van der Waals surface area contributed by atoms with Crippen molar-refractivity contribution in [3.8, 4) is 0 Å². The summed E-state index contributed by atoms with van der Waals surface area (Å²) in [4.78, 5) is 33.9. The Bertz CT molecular complexity index is 625. The smallest absolute Gasteiger partial charge is 0.326 e. The molecular weight excluding hydrogens is 272 g/mol. The Balaban J connectivity index is 1.98. The quantitative estimate of drug-likeness (QED) is 0.716. The minimum absolute atomic E-state index is 0.0550. The van der Waals surface area contributed by atoms with Crippen LogP contribution in [0.5, 0.6) is 0 Å². The molecule has 2 heterocycles. The van der Waals surface area contributed by atoms with Crippen molar-refractivity contribution in [1.82, 2.24) is 20.3 Å². The van der Waals surface area contributed by atoms with Crippen LogP contribution in [0, 0.1) is 6.92 Å². The van der Waals surface area contributed by atoms with Crippen molar-refractivity contribution in [3.63, 3.8) is 0 Å². The molecule has 0 aliphatic carbocycles. The Kier molecular flexibility index (Phi) is 4.65. The SMILES string of the molecule is Cc1cccnc1CC(=O)N[C@H](Cc1cnc[nH]1)C(=O)O. The number of H-pyrrole nitrogens is 1. The van der Waals surface area contributed by atoms with Gasteiger partial charge in [0.1, 0.15) is 6.04 Å². The maximum absolute atomic E-state index is 12.0. The van der Waals surface area contributed by atoms with Crippen LogP contribution in [-0.4, -0.2) is 38.0 Å². The summed E-state index contributed by atoms with van der Waals surface area (Å²) in [6.07, 6.45) is 4.81. The summed E-state index contributed by atoms with van der Waals surface area (Å²) in [7, 11) is 0. The van der Waals surface area contributed by atoms with Gasteiger partial charge in [0, 0.05) is 24.5 Å². The number of nitrogens with zero attached hydrogens (tertiary/aromatic N) is 2. The zero-order valence-corrected chi connectivity index (χ0v) is 11.5. The molecule has 7 nitrogen and oxygen atoms in total. The van der Waals surface area contributed by atoms with Crippen molar-refractivity contribution in [2.45, 2.75) is 25.8 Å². The van der Waals surface area contributed by atoms with Gasteiger partial charge in [-0.3, -0.25) is 9.78 Å². The molecule has 2 aromatic heterocycles. The number of rotatable bonds is 6. The van der Waals surface area contributed by atoms with Gasteiger partial charge in [-0.15, -0.1) is 0 Å². The van der Waals surface area contributed by atoms with Crippen molar-refractivity contribution in [2.24, 2.45) is 0 Å². The molecule has 0 aromatic carbocycles. The van der Waals surface area contributed by atoms with E-state index in [-0.39, 0.29) is 18.7 Å². The highest BCUT2D eigenvalue weighted by atomic mass is 16.4. The number of carbonyl (C=O) groups excluding carboxylic acids is 1. The predicted octanol–water partition coefficient (Wildman–Crippen LogP) is 0.468. The Hall–Kier alpha value is -2.70. The van der Waals surface area contributed by atoms with Crippen molar-refractivity contribution in [1.29, 1.82) is 0 Å². The summed E-state index contributed by atoms with van der Waals surface area (Å²) in [5.41, 5.74) is 2.19. The van der Waals surface area contributed by atoms with Crippen molar-refractivity contribution >= 4 is 11.9 Å². The van der Waals surface area contributed by atoms with E-state index in [9.17, 15) is 14.7 Å². The van der Waals surface area contributed by atoms with Gasteiger partial charge in [0.15, 0.2) is 0 Å². The fraction of sp³-hybridized carbons (Fsp3) is 0.286. The zero-order chi connectivity index (χ0) is 15.2. The van der Waals surface area contributed by atoms with Crippen LogP contribution in [0.1, 0.15) is 17.0 Å². The van der Waals surface area contributed by atoms with Crippen molar-refractivity contribution in [2.75, 3.05) is 0 Å². The molecule has 0 saturated heterocycles. The standard InChI is InChI=1S/C14H16N4O3/c1-9-3-2-4-16-11(9)6-13(19)18-12(14(20)21)5-10-7-15-8-17-10/h2-4,7-8,12H,5-6H2,1H3,(H,15,17)(H,18,19)(H,20,21)/t12-/m1/s1. The molecule has 2 rings (SSSR count).